The number of likely N-dealkylation sites (N-methyl/N-ethyl adjacent to an activating group) is 1. The van der Waals surface area contributed by atoms with Gasteiger partial charge in [-0.25, -0.2) is 0 Å². The number of piperidine rings is 1. The molecule has 0 aromatic rings. The van der Waals surface area contributed by atoms with Crippen molar-refractivity contribution < 1.29 is 0 Å². The summed E-state index contributed by atoms with van der Waals surface area (Å²) in [7, 11) is 4.43. The van der Waals surface area contributed by atoms with Gasteiger partial charge >= 0.3 is 0 Å². The van der Waals surface area contributed by atoms with Gasteiger partial charge in [0.15, 0.2) is 0 Å². The van der Waals surface area contributed by atoms with Crippen molar-refractivity contribution in [1.29, 1.82) is 0 Å². The van der Waals surface area contributed by atoms with Gasteiger partial charge in [-0.1, -0.05) is 6.42 Å². The van der Waals surface area contributed by atoms with Crippen molar-refractivity contribution in [2.75, 3.05) is 33.7 Å². The van der Waals surface area contributed by atoms with Crippen LogP contribution in [0.15, 0.2) is 0 Å². The highest BCUT2D eigenvalue weighted by atomic mass is 15.2. The zero-order valence-electron chi connectivity index (χ0n) is 11.6. The zero-order valence-corrected chi connectivity index (χ0v) is 11.6. The van der Waals surface area contributed by atoms with E-state index in [4.69, 9.17) is 5.73 Å². The topological polar surface area (TPSA) is 32.5 Å². The van der Waals surface area contributed by atoms with Crippen LogP contribution in [0.1, 0.15) is 38.5 Å². The Labute approximate surface area is 106 Å². The number of hydrogen-bond donors (Lipinski definition) is 1. The summed E-state index contributed by atoms with van der Waals surface area (Å²) >= 11 is 0. The normalized spacial score (nSPS) is 36.4. The maximum absolute atomic E-state index is 6.08. The smallest absolute Gasteiger partial charge is 0.0217 e. The van der Waals surface area contributed by atoms with E-state index in [9.17, 15) is 0 Å². The third-order valence-corrected chi connectivity index (χ3v) is 4.55. The van der Waals surface area contributed by atoms with Crippen molar-refractivity contribution in [2.24, 2.45) is 11.7 Å². The second-order valence-electron chi connectivity index (χ2n) is 6.31. The summed E-state index contributed by atoms with van der Waals surface area (Å²) in [5.74, 6) is 0.861. The van der Waals surface area contributed by atoms with E-state index in [1.165, 1.54) is 58.2 Å². The average Bonchev–Trinajstić information content (AvgIpc) is 2.29. The van der Waals surface area contributed by atoms with Crippen LogP contribution in [0.3, 0.4) is 0 Å². The van der Waals surface area contributed by atoms with Crippen molar-refractivity contribution in [3.05, 3.63) is 0 Å². The summed E-state index contributed by atoms with van der Waals surface area (Å²) in [5, 5.41) is 0. The van der Waals surface area contributed by atoms with E-state index in [0.29, 0.717) is 6.04 Å². The molecule has 2 rings (SSSR count). The molecular formula is C14H29N3. The molecule has 0 bridgehead atoms. The minimum atomic E-state index is 0.475. The largest absolute Gasteiger partial charge is 0.328 e. The first-order valence-electron chi connectivity index (χ1n) is 7.29. The predicted molar refractivity (Wildman–Crippen MR) is 73.1 cm³/mol. The summed E-state index contributed by atoms with van der Waals surface area (Å²) in [6.07, 6.45) is 7.98. The van der Waals surface area contributed by atoms with Gasteiger partial charge in [0.1, 0.15) is 0 Å². The summed E-state index contributed by atoms with van der Waals surface area (Å²) in [5.41, 5.74) is 6.08. The SMILES string of the molecule is CN(C)C1CCCN(CC2CCCC(N)C2)C1. The molecule has 1 saturated heterocycles. The Bertz CT molecular complexity index is 230. The maximum atomic E-state index is 6.08. The van der Waals surface area contributed by atoms with E-state index in [-0.39, 0.29) is 0 Å². The number of nitrogens with zero attached hydrogens (tertiary/aromatic N) is 2. The first-order valence-corrected chi connectivity index (χ1v) is 7.29. The van der Waals surface area contributed by atoms with Gasteiger partial charge in [-0.15, -0.1) is 0 Å². The van der Waals surface area contributed by atoms with E-state index in [2.05, 4.69) is 23.9 Å². The van der Waals surface area contributed by atoms with E-state index >= 15 is 0 Å². The second kappa shape index (κ2) is 6.17. The van der Waals surface area contributed by atoms with Crippen molar-refractivity contribution >= 4 is 0 Å². The van der Waals surface area contributed by atoms with E-state index < -0.39 is 0 Å². The molecule has 17 heavy (non-hydrogen) atoms. The van der Waals surface area contributed by atoms with Gasteiger partial charge in [-0.3, -0.25) is 0 Å². The number of hydrogen-bond acceptors (Lipinski definition) is 3. The molecule has 0 aromatic carbocycles. The van der Waals surface area contributed by atoms with Crippen molar-refractivity contribution in [2.45, 2.75) is 50.6 Å². The fraction of sp³-hybridized carbons (Fsp3) is 1.00. The Kier molecular flexibility index (Phi) is 4.83. The lowest BCUT2D eigenvalue weighted by molar-refractivity contribution is 0.108. The van der Waals surface area contributed by atoms with Gasteiger partial charge in [-0.05, 0) is 58.7 Å². The summed E-state index contributed by atoms with van der Waals surface area (Å²) in [4.78, 5) is 5.07. The molecule has 1 heterocycles. The minimum absolute atomic E-state index is 0.475. The van der Waals surface area contributed by atoms with Crippen molar-refractivity contribution in [1.82, 2.24) is 9.80 Å². The molecule has 3 unspecified atom stereocenters. The van der Waals surface area contributed by atoms with E-state index in [1.54, 1.807) is 0 Å². The molecule has 100 valence electrons. The van der Waals surface area contributed by atoms with Gasteiger partial charge in [0.25, 0.3) is 0 Å². The van der Waals surface area contributed by atoms with Crippen LogP contribution in [0.25, 0.3) is 0 Å². The van der Waals surface area contributed by atoms with Crippen LogP contribution >= 0.6 is 0 Å². The first-order chi connectivity index (χ1) is 8.15. The highest BCUT2D eigenvalue weighted by Crippen LogP contribution is 2.25. The van der Waals surface area contributed by atoms with Gasteiger partial charge < -0.3 is 15.5 Å². The molecule has 3 heteroatoms. The lowest BCUT2D eigenvalue weighted by Crippen LogP contribution is -2.47. The fourth-order valence-corrected chi connectivity index (χ4v) is 3.48. The third kappa shape index (κ3) is 3.94. The third-order valence-electron chi connectivity index (χ3n) is 4.55. The van der Waals surface area contributed by atoms with Crippen molar-refractivity contribution in [3.63, 3.8) is 0 Å². The Morgan fingerprint density at radius 2 is 2.00 bits per heavy atom. The first kappa shape index (κ1) is 13.3. The molecule has 3 nitrogen and oxygen atoms in total. The molecule has 0 aromatic heterocycles. The van der Waals surface area contributed by atoms with Crippen molar-refractivity contribution in [3.8, 4) is 0 Å². The van der Waals surface area contributed by atoms with Crippen LogP contribution in [0.5, 0.6) is 0 Å². The monoisotopic (exact) mass is 239 g/mol. The zero-order chi connectivity index (χ0) is 12.3. The summed E-state index contributed by atoms with van der Waals surface area (Å²) in [6.45, 7) is 3.85. The number of nitrogens with two attached hydrogens (primary N) is 1. The lowest BCUT2D eigenvalue weighted by atomic mass is 9.85. The molecule has 2 fully saturated rings. The molecule has 2 N–H and O–H groups in total. The van der Waals surface area contributed by atoms with E-state index in [0.717, 1.165) is 12.0 Å². The summed E-state index contributed by atoms with van der Waals surface area (Å²) < 4.78 is 0. The van der Waals surface area contributed by atoms with Crippen LogP contribution < -0.4 is 5.73 Å². The standard InChI is InChI=1S/C14H29N3/c1-16(2)14-7-4-8-17(11-14)10-12-5-3-6-13(15)9-12/h12-14H,3-11,15H2,1-2H3. The van der Waals surface area contributed by atoms with Gasteiger partial charge in [0, 0.05) is 25.2 Å². The molecule has 1 aliphatic heterocycles. The Hall–Kier alpha value is -0.120. The average molecular weight is 239 g/mol. The minimum Gasteiger partial charge on any atom is -0.328 e. The Morgan fingerprint density at radius 1 is 1.18 bits per heavy atom. The molecule has 1 saturated carbocycles. The Morgan fingerprint density at radius 3 is 2.71 bits per heavy atom. The molecule has 0 spiro atoms. The molecular weight excluding hydrogens is 210 g/mol. The lowest BCUT2D eigenvalue weighted by Gasteiger charge is -2.39. The van der Waals surface area contributed by atoms with Gasteiger partial charge in [-0.2, -0.15) is 0 Å². The second-order valence-corrected chi connectivity index (χ2v) is 6.31. The van der Waals surface area contributed by atoms with Gasteiger partial charge in [0.2, 0.25) is 0 Å². The highest BCUT2D eigenvalue weighted by molar-refractivity contribution is 4.82. The molecule has 1 aliphatic carbocycles. The molecule has 0 radical (unpaired) electrons. The van der Waals surface area contributed by atoms with Gasteiger partial charge in [0.05, 0.1) is 0 Å². The molecule has 2 aliphatic rings. The number of likely N-dealkylation sites (tertiary alicyclic amines) is 1. The number of rotatable bonds is 3. The molecule has 3 atom stereocenters. The predicted octanol–water partition coefficient (Wildman–Crippen LogP) is 1.53. The molecule has 0 amide bonds. The van der Waals surface area contributed by atoms with E-state index in [1.807, 2.05) is 0 Å². The Balaban J connectivity index is 1.78. The fourth-order valence-electron chi connectivity index (χ4n) is 3.48. The summed E-state index contributed by atoms with van der Waals surface area (Å²) in [6, 6.07) is 1.24. The van der Waals surface area contributed by atoms with Crippen LogP contribution in [-0.2, 0) is 0 Å². The van der Waals surface area contributed by atoms with Crippen LogP contribution in [0, 0.1) is 5.92 Å². The maximum Gasteiger partial charge on any atom is 0.0217 e. The highest BCUT2D eigenvalue weighted by Gasteiger charge is 2.25. The van der Waals surface area contributed by atoms with Crippen LogP contribution in [0.2, 0.25) is 0 Å². The quantitative estimate of drug-likeness (QED) is 0.811. The van der Waals surface area contributed by atoms with Crippen LogP contribution in [-0.4, -0.2) is 55.6 Å². The van der Waals surface area contributed by atoms with Crippen LogP contribution in [0.4, 0.5) is 0 Å².